The number of rotatable bonds is 6. The van der Waals surface area contributed by atoms with Crippen LogP contribution in [0.2, 0.25) is 0 Å². The molecule has 1 saturated heterocycles. The standard InChI is InChI=1S/C20H20FN3O5/c1-13(25)22-10-16-12-23(20(28)29-16)15-7-8-18(17(21)9-15)24(19(26)27)11-14-5-3-2-4-6-14/h2-9,16H,10-12H2,1H3,(H,22,25)(H,26,27)/t16-/m0/s1. The number of carboxylic acid groups (broad SMARTS) is 1. The number of carbonyl (C=O) groups is 3. The van der Waals surface area contributed by atoms with Crippen LogP contribution in [0, 0.1) is 5.82 Å². The first-order chi connectivity index (χ1) is 13.8. The summed E-state index contributed by atoms with van der Waals surface area (Å²) in [5, 5.41) is 12.1. The minimum Gasteiger partial charge on any atom is -0.465 e. The summed E-state index contributed by atoms with van der Waals surface area (Å²) in [4.78, 5) is 36.9. The minimum absolute atomic E-state index is 0.0169. The number of anilines is 2. The van der Waals surface area contributed by atoms with E-state index in [-0.39, 0.29) is 36.9 Å². The number of nitrogens with zero attached hydrogens (tertiary/aromatic N) is 2. The lowest BCUT2D eigenvalue weighted by Gasteiger charge is -2.21. The smallest absolute Gasteiger partial charge is 0.414 e. The maximum Gasteiger partial charge on any atom is 0.414 e. The summed E-state index contributed by atoms with van der Waals surface area (Å²) in [6, 6.07) is 12.7. The van der Waals surface area contributed by atoms with E-state index >= 15 is 0 Å². The van der Waals surface area contributed by atoms with E-state index in [1.807, 2.05) is 0 Å². The molecule has 3 rings (SSSR count). The Bertz CT molecular complexity index is 922. The Morgan fingerprint density at radius 2 is 2.00 bits per heavy atom. The Morgan fingerprint density at radius 1 is 1.28 bits per heavy atom. The summed E-state index contributed by atoms with van der Waals surface area (Å²) in [5.41, 5.74) is 0.835. The lowest BCUT2D eigenvalue weighted by Crippen LogP contribution is -2.33. The molecule has 152 valence electrons. The fourth-order valence-electron chi connectivity index (χ4n) is 3.00. The number of nitrogens with one attached hydrogen (secondary N) is 1. The van der Waals surface area contributed by atoms with E-state index in [1.165, 1.54) is 24.0 Å². The second-order valence-corrected chi connectivity index (χ2v) is 6.54. The minimum atomic E-state index is -1.29. The van der Waals surface area contributed by atoms with Gasteiger partial charge in [0.1, 0.15) is 11.9 Å². The maximum atomic E-state index is 14.8. The van der Waals surface area contributed by atoms with E-state index < -0.39 is 24.1 Å². The highest BCUT2D eigenvalue weighted by atomic mass is 19.1. The third kappa shape index (κ3) is 4.81. The SMILES string of the molecule is CC(=O)NC[C@H]1CN(c2ccc(N(Cc3ccccc3)C(=O)O)c(F)c2)C(=O)O1. The summed E-state index contributed by atoms with van der Waals surface area (Å²) in [6.45, 7) is 1.63. The summed E-state index contributed by atoms with van der Waals surface area (Å²) in [7, 11) is 0. The predicted octanol–water partition coefficient (Wildman–Crippen LogP) is 2.97. The molecule has 8 nitrogen and oxygen atoms in total. The molecule has 1 aliphatic rings. The fourth-order valence-corrected chi connectivity index (χ4v) is 3.00. The summed E-state index contributed by atoms with van der Waals surface area (Å²) in [5.74, 6) is -1.03. The highest BCUT2D eigenvalue weighted by Gasteiger charge is 2.33. The van der Waals surface area contributed by atoms with Crippen LogP contribution in [-0.2, 0) is 16.1 Å². The first-order valence-corrected chi connectivity index (χ1v) is 8.91. The van der Waals surface area contributed by atoms with E-state index in [1.54, 1.807) is 30.3 Å². The van der Waals surface area contributed by atoms with E-state index in [0.29, 0.717) is 5.56 Å². The zero-order chi connectivity index (χ0) is 21.0. The van der Waals surface area contributed by atoms with E-state index in [2.05, 4.69) is 5.32 Å². The van der Waals surface area contributed by atoms with Gasteiger partial charge >= 0.3 is 12.2 Å². The van der Waals surface area contributed by atoms with E-state index in [0.717, 1.165) is 11.0 Å². The number of hydrogen-bond acceptors (Lipinski definition) is 4. The van der Waals surface area contributed by atoms with Crippen molar-refractivity contribution in [1.29, 1.82) is 0 Å². The van der Waals surface area contributed by atoms with Gasteiger partial charge in [-0.2, -0.15) is 0 Å². The Labute approximate surface area is 166 Å². The number of benzene rings is 2. The highest BCUT2D eigenvalue weighted by molar-refractivity contribution is 5.91. The molecule has 9 heteroatoms. The van der Waals surface area contributed by atoms with Gasteiger partial charge in [-0.25, -0.2) is 14.0 Å². The van der Waals surface area contributed by atoms with Gasteiger partial charge in [0.25, 0.3) is 0 Å². The topological polar surface area (TPSA) is 99.2 Å². The van der Waals surface area contributed by atoms with E-state index in [4.69, 9.17) is 4.74 Å². The van der Waals surface area contributed by atoms with Crippen LogP contribution in [-0.4, -0.2) is 42.4 Å². The van der Waals surface area contributed by atoms with Crippen LogP contribution in [0.5, 0.6) is 0 Å². The zero-order valence-electron chi connectivity index (χ0n) is 15.7. The van der Waals surface area contributed by atoms with Crippen molar-refractivity contribution in [2.45, 2.75) is 19.6 Å². The average molecular weight is 401 g/mol. The Balaban J connectivity index is 1.77. The molecule has 2 aromatic carbocycles. The summed E-state index contributed by atoms with van der Waals surface area (Å²) in [6.07, 6.45) is -2.51. The van der Waals surface area contributed by atoms with Gasteiger partial charge in [-0.15, -0.1) is 0 Å². The molecule has 2 aromatic rings. The lowest BCUT2D eigenvalue weighted by molar-refractivity contribution is -0.119. The quantitative estimate of drug-likeness (QED) is 0.775. The van der Waals surface area contributed by atoms with E-state index in [9.17, 15) is 23.9 Å². The number of hydrogen-bond donors (Lipinski definition) is 2. The van der Waals surface area contributed by atoms with Crippen molar-refractivity contribution in [3.63, 3.8) is 0 Å². The van der Waals surface area contributed by atoms with Crippen molar-refractivity contribution in [1.82, 2.24) is 5.32 Å². The number of ether oxygens (including phenoxy) is 1. The maximum absolute atomic E-state index is 14.8. The molecule has 0 saturated carbocycles. The van der Waals surface area contributed by atoms with Gasteiger partial charge in [0, 0.05) is 6.92 Å². The van der Waals surface area contributed by atoms with Crippen LogP contribution < -0.4 is 15.1 Å². The first kappa shape index (κ1) is 20.1. The summed E-state index contributed by atoms with van der Waals surface area (Å²) >= 11 is 0. The number of halogens is 1. The molecular weight excluding hydrogens is 381 g/mol. The molecule has 2 N–H and O–H groups in total. The number of carbonyl (C=O) groups excluding carboxylic acids is 2. The number of amides is 3. The van der Waals surface area contributed by atoms with Crippen LogP contribution in [0.15, 0.2) is 48.5 Å². The van der Waals surface area contributed by atoms with Gasteiger partial charge in [-0.1, -0.05) is 30.3 Å². The summed E-state index contributed by atoms with van der Waals surface area (Å²) < 4.78 is 19.9. The van der Waals surface area contributed by atoms with Crippen molar-refractivity contribution >= 4 is 29.5 Å². The predicted molar refractivity (Wildman–Crippen MR) is 103 cm³/mol. The molecule has 29 heavy (non-hydrogen) atoms. The average Bonchev–Trinajstić information content (AvgIpc) is 3.06. The Kier molecular flexibility index (Phi) is 5.96. The van der Waals surface area contributed by atoms with Gasteiger partial charge in [0.2, 0.25) is 5.91 Å². The molecule has 1 atom stereocenters. The van der Waals surface area contributed by atoms with Crippen molar-refractivity contribution in [3.05, 3.63) is 59.9 Å². The van der Waals surface area contributed by atoms with Gasteiger partial charge in [-0.05, 0) is 23.8 Å². The Hall–Kier alpha value is -3.62. The molecule has 0 unspecified atom stereocenters. The molecular formula is C20H20FN3O5. The molecule has 1 aliphatic heterocycles. The normalized spacial score (nSPS) is 15.7. The zero-order valence-corrected chi connectivity index (χ0v) is 15.7. The Morgan fingerprint density at radius 3 is 2.62 bits per heavy atom. The van der Waals surface area contributed by atoms with Crippen LogP contribution in [0.4, 0.5) is 25.4 Å². The van der Waals surface area contributed by atoms with Crippen molar-refractivity contribution in [2.24, 2.45) is 0 Å². The third-order valence-corrected chi connectivity index (χ3v) is 4.40. The second-order valence-electron chi connectivity index (χ2n) is 6.54. The van der Waals surface area contributed by atoms with Crippen LogP contribution in [0.1, 0.15) is 12.5 Å². The second kappa shape index (κ2) is 8.59. The molecule has 0 aliphatic carbocycles. The van der Waals surface area contributed by atoms with Crippen molar-refractivity contribution < 1.29 is 28.6 Å². The van der Waals surface area contributed by atoms with Gasteiger partial charge in [0.15, 0.2) is 0 Å². The van der Waals surface area contributed by atoms with Crippen molar-refractivity contribution in [3.8, 4) is 0 Å². The molecule has 1 heterocycles. The van der Waals surface area contributed by atoms with Crippen molar-refractivity contribution in [2.75, 3.05) is 22.9 Å². The van der Waals surface area contributed by atoms with Crippen LogP contribution in [0.25, 0.3) is 0 Å². The third-order valence-electron chi connectivity index (χ3n) is 4.40. The van der Waals surface area contributed by atoms with Gasteiger partial charge < -0.3 is 15.2 Å². The molecule has 0 bridgehead atoms. The fraction of sp³-hybridized carbons (Fsp3) is 0.250. The van der Waals surface area contributed by atoms with Gasteiger partial charge in [0.05, 0.1) is 31.0 Å². The largest absolute Gasteiger partial charge is 0.465 e. The highest BCUT2D eigenvalue weighted by Crippen LogP contribution is 2.29. The molecule has 0 spiro atoms. The molecule has 0 aromatic heterocycles. The molecule has 1 fully saturated rings. The molecule has 0 radical (unpaired) electrons. The molecule has 3 amide bonds. The lowest BCUT2D eigenvalue weighted by atomic mass is 10.2. The number of cyclic esters (lactones) is 1. The van der Waals surface area contributed by atoms with Crippen LogP contribution >= 0.6 is 0 Å². The van der Waals surface area contributed by atoms with Gasteiger partial charge in [-0.3, -0.25) is 14.6 Å². The monoisotopic (exact) mass is 401 g/mol. The first-order valence-electron chi connectivity index (χ1n) is 8.91. The van der Waals surface area contributed by atoms with Crippen LogP contribution in [0.3, 0.4) is 0 Å².